The summed E-state index contributed by atoms with van der Waals surface area (Å²) in [6.45, 7) is 1.84. The molecule has 0 fully saturated rings. The van der Waals surface area contributed by atoms with Crippen molar-refractivity contribution in [3.05, 3.63) is 58.5 Å². The van der Waals surface area contributed by atoms with Gasteiger partial charge in [-0.3, -0.25) is 0 Å². The number of rotatable bonds is 2. The first-order valence-corrected chi connectivity index (χ1v) is 6.65. The highest BCUT2D eigenvalue weighted by Crippen LogP contribution is 2.39. The second-order valence-corrected chi connectivity index (χ2v) is 5.18. The molecule has 2 aliphatic carbocycles. The van der Waals surface area contributed by atoms with E-state index in [0.717, 1.165) is 30.5 Å². The number of aromatic carboxylic acids is 1. The Labute approximate surface area is 112 Å². The zero-order valence-corrected chi connectivity index (χ0v) is 10.9. The van der Waals surface area contributed by atoms with Crippen LogP contribution < -0.4 is 0 Å². The van der Waals surface area contributed by atoms with Crippen LogP contribution in [0.2, 0.25) is 0 Å². The molecule has 0 aliphatic heterocycles. The molecule has 2 aliphatic rings. The first kappa shape index (κ1) is 12.0. The molecule has 1 heterocycles. The van der Waals surface area contributed by atoms with E-state index in [4.69, 9.17) is 0 Å². The molecule has 1 aromatic rings. The lowest BCUT2D eigenvalue weighted by Gasteiger charge is -2.25. The topological polar surface area (TPSA) is 53.1 Å². The summed E-state index contributed by atoms with van der Waals surface area (Å²) in [7, 11) is 0. The van der Waals surface area contributed by atoms with Crippen LogP contribution in [0.3, 0.4) is 0 Å². The summed E-state index contributed by atoms with van der Waals surface area (Å²) in [6, 6.07) is 0. The van der Waals surface area contributed by atoms with Crippen LogP contribution >= 0.6 is 0 Å². The highest BCUT2D eigenvalue weighted by molar-refractivity contribution is 5.91. The third-order valence-corrected chi connectivity index (χ3v) is 3.98. The molecule has 0 bridgehead atoms. The van der Waals surface area contributed by atoms with Gasteiger partial charge in [-0.1, -0.05) is 24.3 Å². The van der Waals surface area contributed by atoms with Crippen LogP contribution in [0, 0.1) is 6.92 Å². The lowest BCUT2D eigenvalue weighted by Crippen LogP contribution is -2.13. The SMILES string of the molecule is Cc1c[nH]c(C2CC=CC3=C2C=CCC3)c1C(=O)O. The summed E-state index contributed by atoms with van der Waals surface area (Å²) in [5.41, 5.74) is 4.71. The van der Waals surface area contributed by atoms with Gasteiger partial charge < -0.3 is 10.1 Å². The van der Waals surface area contributed by atoms with Crippen LogP contribution in [0.25, 0.3) is 0 Å². The van der Waals surface area contributed by atoms with E-state index in [9.17, 15) is 9.90 Å². The number of aromatic amines is 1. The zero-order chi connectivity index (χ0) is 13.4. The number of hydrogen-bond acceptors (Lipinski definition) is 1. The van der Waals surface area contributed by atoms with E-state index in [0.29, 0.717) is 5.56 Å². The molecular weight excluding hydrogens is 238 g/mol. The average Bonchev–Trinajstić information content (AvgIpc) is 2.80. The third kappa shape index (κ3) is 1.95. The summed E-state index contributed by atoms with van der Waals surface area (Å²) < 4.78 is 0. The maximum Gasteiger partial charge on any atom is 0.337 e. The Morgan fingerprint density at radius 2 is 2.21 bits per heavy atom. The molecular formula is C16H17NO2. The fourth-order valence-corrected chi connectivity index (χ4v) is 3.07. The number of H-pyrrole nitrogens is 1. The van der Waals surface area contributed by atoms with Gasteiger partial charge in [-0.2, -0.15) is 0 Å². The van der Waals surface area contributed by atoms with E-state index in [-0.39, 0.29) is 5.92 Å². The van der Waals surface area contributed by atoms with Gasteiger partial charge in [-0.15, -0.1) is 0 Å². The van der Waals surface area contributed by atoms with Crippen molar-refractivity contribution in [2.24, 2.45) is 0 Å². The molecule has 3 nitrogen and oxygen atoms in total. The Balaban J connectivity index is 2.08. The minimum absolute atomic E-state index is 0.149. The monoisotopic (exact) mass is 255 g/mol. The summed E-state index contributed by atoms with van der Waals surface area (Å²) in [5.74, 6) is -0.693. The van der Waals surface area contributed by atoms with Gasteiger partial charge in [-0.05, 0) is 42.9 Å². The maximum atomic E-state index is 11.4. The van der Waals surface area contributed by atoms with Crippen LogP contribution in [-0.4, -0.2) is 16.1 Å². The van der Waals surface area contributed by atoms with Crippen molar-refractivity contribution >= 4 is 5.97 Å². The van der Waals surface area contributed by atoms with Gasteiger partial charge in [0.2, 0.25) is 0 Å². The van der Waals surface area contributed by atoms with Crippen molar-refractivity contribution in [1.82, 2.24) is 4.98 Å². The quantitative estimate of drug-likeness (QED) is 0.846. The Hall–Kier alpha value is -2.03. The first-order chi connectivity index (χ1) is 9.18. The predicted octanol–water partition coefficient (Wildman–Crippen LogP) is 3.71. The van der Waals surface area contributed by atoms with Crippen molar-refractivity contribution in [3.8, 4) is 0 Å². The van der Waals surface area contributed by atoms with Crippen molar-refractivity contribution in [2.75, 3.05) is 0 Å². The van der Waals surface area contributed by atoms with E-state index in [1.807, 2.05) is 6.92 Å². The van der Waals surface area contributed by atoms with Gasteiger partial charge in [0.1, 0.15) is 0 Å². The zero-order valence-electron chi connectivity index (χ0n) is 10.9. The number of carboxylic acids is 1. The largest absolute Gasteiger partial charge is 0.478 e. The number of carboxylic acid groups (broad SMARTS) is 1. The smallest absolute Gasteiger partial charge is 0.337 e. The molecule has 3 heteroatoms. The molecule has 1 aromatic heterocycles. The van der Waals surface area contributed by atoms with Crippen molar-refractivity contribution in [3.63, 3.8) is 0 Å². The maximum absolute atomic E-state index is 11.4. The van der Waals surface area contributed by atoms with Gasteiger partial charge in [0.05, 0.1) is 5.56 Å². The molecule has 2 N–H and O–H groups in total. The highest BCUT2D eigenvalue weighted by atomic mass is 16.4. The van der Waals surface area contributed by atoms with Crippen LogP contribution in [-0.2, 0) is 0 Å². The van der Waals surface area contributed by atoms with Crippen molar-refractivity contribution in [1.29, 1.82) is 0 Å². The summed E-state index contributed by atoms with van der Waals surface area (Å²) in [5, 5.41) is 9.39. The molecule has 0 radical (unpaired) electrons. The Morgan fingerprint density at radius 3 is 3.00 bits per heavy atom. The van der Waals surface area contributed by atoms with Gasteiger partial charge in [-0.25, -0.2) is 4.79 Å². The van der Waals surface area contributed by atoms with Gasteiger partial charge >= 0.3 is 5.97 Å². The van der Waals surface area contributed by atoms with E-state index >= 15 is 0 Å². The molecule has 19 heavy (non-hydrogen) atoms. The van der Waals surface area contributed by atoms with E-state index < -0.39 is 5.97 Å². The molecule has 0 spiro atoms. The fourth-order valence-electron chi connectivity index (χ4n) is 3.07. The van der Waals surface area contributed by atoms with Crippen LogP contribution in [0.15, 0.2) is 41.6 Å². The summed E-state index contributed by atoms with van der Waals surface area (Å²) in [6.07, 6.45) is 13.5. The average molecular weight is 255 g/mol. The Kier molecular flexibility index (Phi) is 2.90. The van der Waals surface area contributed by atoms with Crippen molar-refractivity contribution < 1.29 is 9.90 Å². The summed E-state index contributed by atoms with van der Waals surface area (Å²) >= 11 is 0. The fraction of sp³-hybridized carbons (Fsp3) is 0.312. The number of aryl methyl sites for hydroxylation is 1. The third-order valence-electron chi connectivity index (χ3n) is 3.98. The van der Waals surface area contributed by atoms with Gasteiger partial charge in [0, 0.05) is 17.8 Å². The number of allylic oxidation sites excluding steroid dienone is 6. The van der Waals surface area contributed by atoms with Crippen LogP contribution in [0.5, 0.6) is 0 Å². The molecule has 0 amide bonds. The van der Waals surface area contributed by atoms with Gasteiger partial charge in [0.15, 0.2) is 0 Å². The molecule has 98 valence electrons. The van der Waals surface area contributed by atoms with Crippen LogP contribution in [0.4, 0.5) is 0 Å². The van der Waals surface area contributed by atoms with Gasteiger partial charge in [0.25, 0.3) is 0 Å². The molecule has 0 saturated heterocycles. The lowest BCUT2D eigenvalue weighted by molar-refractivity contribution is 0.0695. The number of nitrogens with one attached hydrogen (secondary N) is 1. The minimum atomic E-state index is -0.842. The molecule has 0 saturated carbocycles. The number of hydrogen-bond donors (Lipinski definition) is 2. The molecule has 0 aromatic carbocycles. The standard InChI is InChI=1S/C16H17NO2/c1-10-9-17-15(14(10)16(18)19)13-8-4-6-11-5-2-3-7-12(11)13/h3-4,6-7,9,13,17H,2,5,8H2,1H3,(H,18,19). The molecule has 3 rings (SSSR count). The van der Waals surface area contributed by atoms with E-state index in [1.165, 1.54) is 11.1 Å². The minimum Gasteiger partial charge on any atom is -0.478 e. The second kappa shape index (κ2) is 4.57. The second-order valence-electron chi connectivity index (χ2n) is 5.18. The molecule has 1 atom stereocenters. The Morgan fingerprint density at radius 1 is 1.37 bits per heavy atom. The number of carbonyl (C=O) groups is 1. The highest BCUT2D eigenvalue weighted by Gasteiger charge is 2.27. The van der Waals surface area contributed by atoms with E-state index in [1.54, 1.807) is 6.20 Å². The molecule has 1 unspecified atom stereocenters. The number of aromatic nitrogens is 1. The van der Waals surface area contributed by atoms with Crippen molar-refractivity contribution in [2.45, 2.75) is 32.1 Å². The normalized spacial score (nSPS) is 21.6. The van der Waals surface area contributed by atoms with E-state index in [2.05, 4.69) is 29.3 Å². The summed E-state index contributed by atoms with van der Waals surface area (Å²) in [4.78, 5) is 14.6. The lowest BCUT2D eigenvalue weighted by atomic mass is 9.80. The predicted molar refractivity (Wildman–Crippen MR) is 74.4 cm³/mol. The first-order valence-electron chi connectivity index (χ1n) is 6.65. The van der Waals surface area contributed by atoms with Crippen LogP contribution in [0.1, 0.15) is 46.8 Å². The Bertz CT molecular complexity index is 617.